The first-order chi connectivity index (χ1) is 9.86. The van der Waals surface area contributed by atoms with Crippen molar-refractivity contribution in [3.8, 4) is 22.8 Å². The average molecular weight is 264 g/mol. The number of hydrogen-bond donors (Lipinski definition) is 2. The second-order valence-electron chi connectivity index (χ2n) is 4.61. The van der Waals surface area contributed by atoms with E-state index in [2.05, 4.69) is 27.3 Å². The Bertz CT molecular complexity index is 671. The van der Waals surface area contributed by atoms with Gasteiger partial charge in [0, 0.05) is 11.1 Å². The molecule has 0 amide bonds. The Morgan fingerprint density at radius 3 is 2.35 bits per heavy atom. The van der Waals surface area contributed by atoms with Crippen molar-refractivity contribution in [1.29, 1.82) is 0 Å². The summed E-state index contributed by atoms with van der Waals surface area (Å²) in [4.78, 5) is 4.54. The van der Waals surface area contributed by atoms with Crippen LogP contribution in [0.5, 0.6) is 0 Å². The van der Waals surface area contributed by atoms with E-state index in [0.29, 0.717) is 12.4 Å². The van der Waals surface area contributed by atoms with E-state index in [4.69, 9.17) is 5.73 Å². The lowest BCUT2D eigenvalue weighted by molar-refractivity contribution is 0.969. The number of H-pyrrole nitrogens is 1. The minimum Gasteiger partial charge on any atom is -0.330 e. The molecule has 4 heteroatoms. The largest absolute Gasteiger partial charge is 0.330 e. The number of benzene rings is 2. The zero-order valence-corrected chi connectivity index (χ0v) is 11.1. The number of hydrogen-bond acceptors (Lipinski definition) is 3. The van der Waals surface area contributed by atoms with Crippen molar-refractivity contribution in [3.63, 3.8) is 0 Å². The van der Waals surface area contributed by atoms with Crippen molar-refractivity contribution in [2.75, 3.05) is 6.54 Å². The highest BCUT2D eigenvalue weighted by Crippen LogP contribution is 2.20. The second-order valence-corrected chi connectivity index (χ2v) is 4.61. The number of nitrogens with zero attached hydrogens (tertiary/aromatic N) is 2. The Morgan fingerprint density at radius 1 is 0.900 bits per heavy atom. The highest BCUT2D eigenvalue weighted by Gasteiger charge is 2.07. The standard InChI is InChI=1S/C16H16N4/c17-11-10-12-6-8-14(9-7-12)16-18-15(19-20-16)13-4-2-1-3-5-13/h1-9H,10-11,17H2,(H,18,19,20). The van der Waals surface area contributed by atoms with Crippen LogP contribution >= 0.6 is 0 Å². The van der Waals surface area contributed by atoms with Crippen LogP contribution < -0.4 is 5.73 Å². The lowest BCUT2D eigenvalue weighted by atomic mass is 10.1. The Kier molecular flexibility index (Phi) is 3.56. The molecular weight excluding hydrogens is 248 g/mol. The second kappa shape index (κ2) is 5.67. The minimum atomic E-state index is 0.666. The van der Waals surface area contributed by atoms with Gasteiger partial charge in [-0.3, -0.25) is 5.10 Å². The fourth-order valence-corrected chi connectivity index (χ4v) is 2.10. The van der Waals surface area contributed by atoms with Gasteiger partial charge in [0.05, 0.1) is 0 Å². The molecule has 0 saturated heterocycles. The highest BCUT2D eigenvalue weighted by atomic mass is 15.2. The first-order valence-electron chi connectivity index (χ1n) is 6.64. The highest BCUT2D eigenvalue weighted by molar-refractivity contribution is 5.61. The predicted molar refractivity (Wildman–Crippen MR) is 80.0 cm³/mol. The van der Waals surface area contributed by atoms with Gasteiger partial charge in [0.25, 0.3) is 0 Å². The molecule has 0 bridgehead atoms. The zero-order valence-electron chi connectivity index (χ0n) is 11.1. The van der Waals surface area contributed by atoms with Crippen molar-refractivity contribution < 1.29 is 0 Å². The van der Waals surface area contributed by atoms with Gasteiger partial charge in [-0.1, -0.05) is 54.6 Å². The third-order valence-corrected chi connectivity index (χ3v) is 3.18. The van der Waals surface area contributed by atoms with Gasteiger partial charge in [-0.15, -0.1) is 0 Å². The summed E-state index contributed by atoms with van der Waals surface area (Å²) in [5.74, 6) is 1.50. The SMILES string of the molecule is NCCc1ccc(-c2nc(-c3ccccc3)n[nH]2)cc1. The van der Waals surface area contributed by atoms with E-state index in [1.54, 1.807) is 0 Å². The molecular formula is C16H16N4. The molecule has 1 heterocycles. The van der Waals surface area contributed by atoms with Crippen molar-refractivity contribution >= 4 is 0 Å². The van der Waals surface area contributed by atoms with E-state index in [1.807, 2.05) is 42.5 Å². The summed E-state index contributed by atoms with van der Waals surface area (Å²) in [6.07, 6.45) is 0.895. The Labute approximate surface area is 117 Å². The normalized spacial score (nSPS) is 10.7. The Balaban J connectivity index is 1.86. The van der Waals surface area contributed by atoms with Crippen LogP contribution in [0.15, 0.2) is 54.6 Å². The van der Waals surface area contributed by atoms with Crippen LogP contribution in [-0.2, 0) is 6.42 Å². The van der Waals surface area contributed by atoms with Crippen LogP contribution in [0.2, 0.25) is 0 Å². The summed E-state index contributed by atoms with van der Waals surface area (Å²) >= 11 is 0. The van der Waals surface area contributed by atoms with Crippen LogP contribution in [0.4, 0.5) is 0 Å². The summed E-state index contributed by atoms with van der Waals surface area (Å²) in [6.45, 7) is 0.666. The van der Waals surface area contributed by atoms with Gasteiger partial charge in [-0.05, 0) is 18.5 Å². The molecule has 0 aliphatic rings. The summed E-state index contributed by atoms with van der Waals surface area (Å²) in [5.41, 5.74) is 8.82. The first-order valence-corrected chi connectivity index (χ1v) is 6.64. The molecule has 0 atom stereocenters. The smallest absolute Gasteiger partial charge is 0.181 e. The third-order valence-electron chi connectivity index (χ3n) is 3.18. The molecule has 0 unspecified atom stereocenters. The van der Waals surface area contributed by atoms with Gasteiger partial charge in [-0.2, -0.15) is 5.10 Å². The molecule has 0 radical (unpaired) electrons. The van der Waals surface area contributed by atoms with E-state index < -0.39 is 0 Å². The quantitative estimate of drug-likeness (QED) is 0.761. The maximum Gasteiger partial charge on any atom is 0.181 e. The van der Waals surface area contributed by atoms with Gasteiger partial charge in [0.1, 0.15) is 0 Å². The Hall–Kier alpha value is -2.46. The molecule has 2 aromatic carbocycles. The molecule has 20 heavy (non-hydrogen) atoms. The van der Waals surface area contributed by atoms with Crippen LogP contribution in [-0.4, -0.2) is 21.7 Å². The summed E-state index contributed by atoms with van der Waals surface area (Å²) < 4.78 is 0. The van der Waals surface area contributed by atoms with Crippen LogP contribution in [0, 0.1) is 0 Å². The molecule has 100 valence electrons. The van der Waals surface area contributed by atoms with Crippen molar-refractivity contribution in [3.05, 3.63) is 60.2 Å². The third kappa shape index (κ3) is 2.60. The predicted octanol–water partition coefficient (Wildman–Crippen LogP) is 2.64. The van der Waals surface area contributed by atoms with Crippen molar-refractivity contribution in [2.24, 2.45) is 5.73 Å². The molecule has 0 spiro atoms. The van der Waals surface area contributed by atoms with Gasteiger partial charge >= 0.3 is 0 Å². The van der Waals surface area contributed by atoms with Crippen molar-refractivity contribution in [1.82, 2.24) is 15.2 Å². The number of nitrogens with one attached hydrogen (secondary N) is 1. The molecule has 0 saturated carbocycles. The van der Waals surface area contributed by atoms with E-state index >= 15 is 0 Å². The molecule has 3 aromatic rings. The number of rotatable bonds is 4. The van der Waals surface area contributed by atoms with Gasteiger partial charge < -0.3 is 5.73 Å². The molecule has 1 aromatic heterocycles. The fraction of sp³-hybridized carbons (Fsp3) is 0.125. The number of nitrogens with two attached hydrogens (primary N) is 1. The molecule has 0 aliphatic heterocycles. The summed E-state index contributed by atoms with van der Waals surface area (Å²) in [6, 6.07) is 18.2. The van der Waals surface area contributed by atoms with E-state index in [-0.39, 0.29) is 0 Å². The first kappa shape index (κ1) is 12.6. The lowest BCUT2D eigenvalue weighted by Gasteiger charge is -2.00. The van der Waals surface area contributed by atoms with E-state index in [0.717, 1.165) is 23.4 Å². The monoisotopic (exact) mass is 264 g/mol. The maximum absolute atomic E-state index is 5.55. The molecule has 4 nitrogen and oxygen atoms in total. The molecule has 0 aliphatic carbocycles. The van der Waals surface area contributed by atoms with Crippen molar-refractivity contribution in [2.45, 2.75) is 6.42 Å². The topological polar surface area (TPSA) is 67.6 Å². The number of aromatic nitrogens is 3. The summed E-state index contributed by atoms with van der Waals surface area (Å²) in [7, 11) is 0. The van der Waals surface area contributed by atoms with Gasteiger partial charge in [-0.25, -0.2) is 4.98 Å². The van der Waals surface area contributed by atoms with Crippen LogP contribution in [0.1, 0.15) is 5.56 Å². The lowest BCUT2D eigenvalue weighted by Crippen LogP contribution is -2.02. The number of aromatic amines is 1. The van der Waals surface area contributed by atoms with Crippen LogP contribution in [0.25, 0.3) is 22.8 Å². The van der Waals surface area contributed by atoms with Gasteiger partial charge in [0.2, 0.25) is 0 Å². The summed E-state index contributed by atoms with van der Waals surface area (Å²) in [5, 5.41) is 7.25. The minimum absolute atomic E-state index is 0.666. The molecule has 3 N–H and O–H groups in total. The van der Waals surface area contributed by atoms with Gasteiger partial charge in [0.15, 0.2) is 11.6 Å². The average Bonchev–Trinajstić information content (AvgIpc) is 2.99. The van der Waals surface area contributed by atoms with E-state index in [1.165, 1.54) is 5.56 Å². The fourth-order valence-electron chi connectivity index (χ4n) is 2.10. The Morgan fingerprint density at radius 2 is 1.65 bits per heavy atom. The van der Waals surface area contributed by atoms with E-state index in [9.17, 15) is 0 Å². The molecule has 3 rings (SSSR count). The zero-order chi connectivity index (χ0) is 13.8. The molecule has 0 fully saturated rings. The maximum atomic E-state index is 5.55. The van der Waals surface area contributed by atoms with Crippen LogP contribution in [0.3, 0.4) is 0 Å².